The Hall–Kier alpha value is -3.34. The van der Waals surface area contributed by atoms with Crippen molar-refractivity contribution in [2.75, 3.05) is 5.73 Å². The Labute approximate surface area is 146 Å². The molecule has 0 bridgehead atoms. The highest BCUT2D eigenvalue weighted by Crippen LogP contribution is 2.24. The fourth-order valence-electron chi connectivity index (χ4n) is 2.90. The highest BCUT2D eigenvalue weighted by Gasteiger charge is 2.12. The van der Waals surface area contributed by atoms with Crippen LogP contribution in [0.4, 0.5) is 5.69 Å². The van der Waals surface area contributed by atoms with Crippen LogP contribution in [0.15, 0.2) is 66.3 Å². The minimum Gasteiger partial charge on any atom is -0.398 e. The van der Waals surface area contributed by atoms with E-state index in [4.69, 9.17) is 5.73 Å². The van der Waals surface area contributed by atoms with Gasteiger partial charge in [0.2, 0.25) is 0 Å². The first-order valence-electron chi connectivity index (χ1n) is 8.00. The number of nitrogen functional groups attached to an aromatic ring is 1. The second-order valence-corrected chi connectivity index (χ2v) is 5.70. The molecule has 126 valence electrons. The second-order valence-electron chi connectivity index (χ2n) is 5.70. The van der Waals surface area contributed by atoms with Gasteiger partial charge in [-0.25, -0.2) is 5.43 Å². The van der Waals surface area contributed by atoms with Crippen molar-refractivity contribution in [2.24, 2.45) is 5.10 Å². The molecule has 0 saturated heterocycles. The SMILES string of the molecule is C=CCn1c(C)c(/C=N\NC(=O)c2ccccc2N)c2ccccc21. The average molecular weight is 332 g/mol. The topological polar surface area (TPSA) is 72.4 Å². The molecule has 0 spiro atoms. The molecule has 1 aromatic heterocycles. The number of nitrogens with zero attached hydrogens (tertiary/aromatic N) is 2. The molecule has 0 aliphatic heterocycles. The van der Waals surface area contributed by atoms with Gasteiger partial charge < -0.3 is 10.3 Å². The number of allylic oxidation sites excluding steroid dienone is 1. The van der Waals surface area contributed by atoms with Crippen LogP contribution < -0.4 is 11.2 Å². The number of nitrogens with two attached hydrogens (primary N) is 1. The van der Waals surface area contributed by atoms with Gasteiger partial charge in [0.25, 0.3) is 5.91 Å². The van der Waals surface area contributed by atoms with Crippen LogP contribution in [-0.2, 0) is 6.54 Å². The van der Waals surface area contributed by atoms with Crippen molar-refractivity contribution in [3.8, 4) is 0 Å². The van der Waals surface area contributed by atoms with E-state index in [0.29, 0.717) is 17.8 Å². The lowest BCUT2D eigenvalue weighted by Gasteiger charge is -2.04. The smallest absolute Gasteiger partial charge is 0.273 e. The largest absolute Gasteiger partial charge is 0.398 e. The number of anilines is 1. The molecule has 3 N–H and O–H groups in total. The normalized spacial score (nSPS) is 11.1. The molecule has 5 heteroatoms. The molecular formula is C20H20N4O. The Morgan fingerprint density at radius 2 is 1.96 bits per heavy atom. The molecule has 0 atom stereocenters. The molecule has 0 unspecified atom stereocenters. The standard InChI is InChI=1S/C20H20N4O/c1-3-12-24-14(2)17(15-8-5-7-11-19(15)24)13-22-23-20(25)16-9-4-6-10-18(16)21/h3-11,13H,1,12,21H2,2H3,(H,23,25)/b22-13-. The maximum Gasteiger partial charge on any atom is 0.273 e. The lowest BCUT2D eigenvalue weighted by atomic mass is 10.1. The Balaban J connectivity index is 1.89. The summed E-state index contributed by atoms with van der Waals surface area (Å²) in [6, 6.07) is 15.0. The minimum absolute atomic E-state index is 0.332. The maximum atomic E-state index is 12.2. The van der Waals surface area contributed by atoms with Crippen LogP contribution in [-0.4, -0.2) is 16.7 Å². The van der Waals surface area contributed by atoms with Gasteiger partial charge in [0.15, 0.2) is 0 Å². The first-order valence-corrected chi connectivity index (χ1v) is 8.00. The van der Waals surface area contributed by atoms with Crippen molar-refractivity contribution in [2.45, 2.75) is 13.5 Å². The highest BCUT2D eigenvalue weighted by atomic mass is 16.2. The van der Waals surface area contributed by atoms with Crippen LogP contribution in [0, 0.1) is 6.92 Å². The highest BCUT2D eigenvalue weighted by molar-refractivity contribution is 6.03. The zero-order chi connectivity index (χ0) is 17.8. The number of hydrogen-bond donors (Lipinski definition) is 2. The summed E-state index contributed by atoms with van der Waals surface area (Å²) in [4.78, 5) is 12.2. The fourth-order valence-corrected chi connectivity index (χ4v) is 2.90. The molecular weight excluding hydrogens is 312 g/mol. The predicted octanol–water partition coefficient (Wildman–Crippen LogP) is 3.48. The summed E-state index contributed by atoms with van der Waals surface area (Å²) in [5.74, 6) is -0.332. The average Bonchev–Trinajstić information content (AvgIpc) is 2.88. The first-order chi connectivity index (χ1) is 12.1. The van der Waals surface area contributed by atoms with Crippen molar-refractivity contribution in [1.82, 2.24) is 9.99 Å². The van der Waals surface area contributed by atoms with Crippen molar-refractivity contribution in [3.63, 3.8) is 0 Å². The number of carbonyl (C=O) groups excluding carboxylic acids is 1. The van der Waals surface area contributed by atoms with Crippen molar-refractivity contribution in [1.29, 1.82) is 0 Å². The van der Waals surface area contributed by atoms with Gasteiger partial charge in [0, 0.05) is 34.4 Å². The molecule has 25 heavy (non-hydrogen) atoms. The molecule has 0 fully saturated rings. The Morgan fingerprint density at radius 1 is 1.24 bits per heavy atom. The summed E-state index contributed by atoms with van der Waals surface area (Å²) in [6.07, 6.45) is 3.54. The van der Waals surface area contributed by atoms with E-state index in [1.807, 2.05) is 31.2 Å². The molecule has 1 heterocycles. The Morgan fingerprint density at radius 3 is 2.72 bits per heavy atom. The lowest BCUT2D eigenvalue weighted by Crippen LogP contribution is -2.19. The summed E-state index contributed by atoms with van der Waals surface area (Å²) in [6.45, 7) is 6.56. The summed E-state index contributed by atoms with van der Waals surface area (Å²) in [7, 11) is 0. The molecule has 0 saturated carbocycles. The summed E-state index contributed by atoms with van der Waals surface area (Å²) < 4.78 is 2.17. The molecule has 2 aromatic carbocycles. The molecule has 3 rings (SSSR count). The van der Waals surface area contributed by atoms with E-state index in [9.17, 15) is 4.79 Å². The van der Waals surface area contributed by atoms with Crippen LogP contribution in [0.25, 0.3) is 10.9 Å². The zero-order valence-electron chi connectivity index (χ0n) is 14.1. The second kappa shape index (κ2) is 7.05. The van der Waals surface area contributed by atoms with E-state index in [-0.39, 0.29) is 5.91 Å². The number of hydrogen-bond acceptors (Lipinski definition) is 3. The van der Waals surface area contributed by atoms with Gasteiger partial charge in [-0.2, -0.15) is 5.10 Å². The van der Waals surface area contributed by atoms with Crippen LogP contribution in [0.1, 0.15) is 21.6 Å². The van der Waals surface area contributed by atoms with E-state index in [1.54, 1.807) is 30.5 Å². The van der Waals surface area contributed by atoms with Crippen molar-refractivity contribution >= 4 is 28.7 Å². The van der Waals surface area contributed by atoms with Crippen molar-refractivity contribution in [3.05, 3.63) is 78.0 Å². The van der Waals surface area contributed by atoms with E-state index in [2.05, 4.69) is 27.7 Å². The van der Waals surface area contributed by atoms with Crippen LogP contribution in [0.2, 0.25) is 0 Å². The third-order valence-corrected chi connectivity index (χ3v) is 4.16. The molecule has 0 radical (unpaired) electrons. The fraction of sp³-hybridized carbons (Fsp3) is 0.100. The maximum absolute atomic E-state index is 12.2. The number of aromatic nitrogens is 1. The summed E-state index contributed by atoms with van der Waals surface area (Å²) in [5.41, 5.74) is 12.3. The van der Waals surface area contributed by atoms with E-state index in [1.165, 1.54) is 0 Å². The zero-order valence-corrected chi connectivity index (χ0v) is 14.1. The van der Waals surface area contributed by atoms with Gasteiger partial charge >= 0.3 is 0 Å². The van der Waals surface area contributed by atoms with Crippen LogP contribution in [0.5, 0.6) is 0 Å². The first kappa shape index (κ1) is 16.5. The van der Waals surface area contributed by atoms with Gasteiger partial charge in [-0.05, 0) is 25.1 Å². The molecule has 3 aromatic rings. The van der Waals surface area contributed by atoms with Crippen molar-refractivity contribution < 1.29 is 4.79 Å². The lowest BCUT2D eigenvalue weighted by molar-refractivity contribution is 0.0956. The molecule has 0 aliphatic rings. The Bertz CT molecular complexity index is 969. The minimum atomic E-state index is -0.332. The third kappa shape index (κ3) is 3.17. The molecule has 0 aliphatic carbocycles. The van der Waals surface area contributed by atoms with Gasteiger partial charge in [-0.1, -0.05) is 36.4 Å². The molecule has 5 nitrogen and oxygen atoms in total. The van der Waals surface area contributed by atoms with Gasteiger partial charge in [-0.15, -0.1) is 6.58 Å². The van der Waals surface area contributed by atoms with Gasteiger partial charge in [0.05, 0.1) is 11.8 Å². The number of benzene rings is 2. The molecule has 1 amide bonds. The monoisotopic (exact) mass is 332 g/mol. The summed E-state index contributed by atoms with van der Waals surface area (Å²) >= 11 is 0. The van der Waals surface area contributed by atoms with Crippen LogP contribution in [0.3, 0.4) is 0 Å². The van der Waals surface area contributed by atoms with Gasteiger partial charge in [-0.3, -0.25) is 4.79 Å². The number of rotatable bonds is 5. The Kier molecular flexibility index (Phi) is 4.66. The van der Waals surface area contributed by atoms with Gasteiger partial charge in [0.1, 0.15) is 0 Å². The summed E-state index contributed by atoms with van der Waals surface area (Å²) in [5, 5.41) is 5.21. The number of para-hydroxylation sites is 2. The quantitative estimate of drug-likeness (QED) is 0.325. The number of fused-ring (bicyclic) bond motifs is 1. The predicted molar refractivity (Wildman–Crippen MR) is 103 cm³/mol. The number of amides is 1. The number of hydrazone groups is 1. The number of carbonyl (C=O) groups is 1. The van der Waals surface area contributed by atoms with E-state index >= 15 is 0 Å². The van der Waals surface area contributed by atoms with Crippen LogP contribution >= 0.6 is 0 Å². The van der Waals surface area contributed by atoms with E-state index in [0.717, 1.165) is 22.2 Å². The van der Waals surface area contributed by atoms with E-state index < -0.39 is 0 Å². The third-order valence-electron chi connectivity index (χ3n) is 4.16. The number of nitrogens with one attached hydrogen (secondary N) is 1.